The molecule has 0 spiro atoms. The number of aromatic nitrogens is 3. The number of phenolic OH excluding ortho intramolecular Hbond substituents is 1. The minimum absolute atomic E-state index is 0.0210. The fourth-order valence-corrected chi connectivity index (χ4v) is 7.20. The molecule has 2 heterocycles. The van der Waals surface area contributed by atoms with Crippen LogP contribution in [-0.4, -0.2) is 19.6 Å². The van der Waals surface area contributed by atoms with E-state index in [0.717, 1.165) is 16.7 Å². The lowest BCUT2D eigenvalue weighted by molar-refractivity contribution is 0.446. The number of hydrogen-bond donors (Lipinski definition) is 1. The maximum Gasteiger partial charge on any atom is 0.149 e. The summed E-state index contributed by atoms with van der Waals surface area (Å²) in [4.78, 5) is 9.76. The summed E-state index contributed by atoms with van der Waals surface area (Å²) < 4.78 is 143. The van der Waals surface area contributed by atoms with Gasteiger partial charge in [-0.1, -0.05) is 165 Å². The number of imidazole rings is 1. The molecule has 6 aromatic carbocycles. The van der Waals surface area contributed by atoms with E-state index in [4.69, 9.17) is 24.2 Å². The molecule has 8 aromatic rings. The summed E-state index contributed by atoms with van der Waals surface area (Å²) in [5, 5.41) is 12.5. The highest BCUT2D eigenvalue weighted by Crippen LogP contribution is 2.45. The van der Waals surface area contributed by atoms with Crippen molar-refractivity contribution in [1.29, 1.82) is 0 Å². The number of benzene rings is 6. The number of hydrogen-bond acceptors (Lipinski definition) is 3. The van der Waals surface area contributed by atoms with E-state index in [1.807, 2.05) is 92.1 Å². The lowest BCUT2D eigenvalue weighted by Crippen LogP contribution is -2.17. The molecule has 0 radical (unpaired) electrons. The van der Waals surface area contributed by atoms with Crippen molar-refractivity contribution in [3.63, 3.8) is 0 Å². The van der Waals surface area contributed by atoms with E-state index in [9.17, 15) is 7.85 Å². The van der Waals surface area contributed by atoms with Crippen LogP contribution in [0, 0.1) is 0 Å². The molecule has 0 bridgehead atoms. The van der Waals surface area contributed by atoms with Gasteiger partial charge in [-0.3, -0.25) is 9.55 Å². The van der Waals surface area contributed by atoms with Crippen LogP contribution in [-0.2, 0) is 16.2 Å². The summed E-state index contributed by atoms with van der Waals surface area (Å²) in [6.45, 7) is 0.382. The van der Waals surface area contributed by atoms with Crippen molar-refractivity contribution < 1.29 is 27.0 Å². The third kappa shape index (κ3) is 7.36. The predicted molar refractivity (Wildman–Crippen MR) is 244 cm³/mol. The van der Waals surface area contributed by atoms with Crippen molar-refractivity contribution >= 4 is 11.0 Å². The van der Waals surface area contributed by atoms with Gasteiger partial charge >= 0.3 is 0 Å². The Hall–Kier alpha value is -6.26. The highest BCUT2D eigenvalue weighted by Gasteiger charge is 2.29. The molecule has 4 heteroatoms. The molecule has 290 valence electrons. The molecule has 0 fully saturated rings. The van der Waals surface area contributed by atoms with Crippen LogP contribution in [0.15, 0.2) is 152 Å². The van der Waals surface area contributed by atoms with Crippen molar-refractivity contribution in [2.45, 2.75) is 78.3 Å². The molecule has 0 aliphatic carbocycles. The van der Waals surface area contributed by atoms with Crippen LogP contribution in [0.3, 0.4) is 0 Å². The second kappa shape index (κ2) is 14.6. The minimum Gasteiger partial charge on any atom is -0.507 e. The normalized spacial score (nSPS) is 16.9. The van der Waals surface area contributed by atoms with Crippen molar-refractivity contribution in [2.24, 2.45) is 0 Å². The topological polar surface area (TPSA) is 50.9 Å². The Morgan fingerprint density at radius 1 is 0.586 bits per heavy atom. The van der Waals surface area contributed by atoms with Crippen LogP contribution in [0.1, 0.15) is 101 Å². The molecule has 1 N–H and O–H groups in total. The van der Waals surface area contributed by atoms with Crippen molar-refractivity contribution in [3.8, 4) is 67.5 Å². The monoisotopic (exact) mass is 776 g/mol. The van der Waals surface area contributed by atoms with Gasteiger partial charge in [-0.15, -0.1) is 0 Å². The molecule has 4 nitrogen and oxygen atoms in total. The van der Waals surface area contributed by atoms with Crippen LogP contribution in [0.25, 0.3) is 72.7 Å². The van der Waals surface area contributed by atoms with E-state index in [2.05, 4.69) is 25.8 Å². The van der Waals surface area contributed by atoms with E-state index in [1.54, 1.807) is 18.2 Å². The number of nitrogens with zero attached hydrogens (tertiary/aromatic N) is 3. The molecule has 0 saturated carbocycles. The molecule has 0 saturated heterocycles. The number of fused-ring (bicyclic) bond motifs is 1. The molecule has 58 heavy (non-hydrogen) atoms. The van der Waals surface area contributed by atoms with Gasteiger partial charge in [0.2, 0.25) is 0 Å². The second-order valence-electron chi connectivity index (χ2n) is 16.5. The van der Waals surface area contributed by atoms with Crippen LogP contribution >= 0.6 is 0 Å². The van der Waals surface area contributed by atoms with Crippen molar-refractivity contribution in [3.05, 3.63) is 168 Å². The number of aromatic hydroxyl groups is 1. The third-order valence-corrected chi connectivity index (χ3v) is 10.2. The van der Waals surface area contributed by atoms with Crippen LogP contribution < -0.4 is 0 Å². The number of para-hydroxylation sites is 2. The van der Waals surface area contributed by atoms with Gasteiger partial charge in [-0.2, -0.15) is 0 Å². The summed E-state index contributed by atoms with van der Waals surface area (Å²) in [7, 11) is 0. The number of pyridine rings is 1. The lowest BCUT2D eigenvalue weighted by Gasteiger charge is -2.27. The van der Waals surface area contributed by atoms with Gasteiger partial charge in [0.1, 0.15) is 11.6 Å². The Labute approximate surface area is 366 Å². The molecule has 0 atom stereocenters. The zero-order valence-corrected chi connectivity index (χ0v) is 33.2. The molecule has 0 amide bonds. The molecule has 0 aliphatic heterocycles. The molecule has 0 unspecified atom stereocenters. The first-order chi connectivity index (χ1) is 34.2. The summed E-state index contributed by atoms with van der Waals surface area (Å²) >= 11 is 0. The first kappa shape index (κ1) is 23.8. The van der Waals surface area contributed by atoms with Gasteiger partial charge in [0, 0.05) is 40.8 Å². The summed E-state index contributed by atoms with van der Waals surface area (Å²) in [6, 6.07) is 25.0. The zero-order valence-electron chi connectivity index (χ0n) is 49.2. The first-order valence-corrected chi connectivity index (χ1v) is 19.0. The Bertz CT molecular complexity index is 3460. The van der Waals surface area contributed by atoms with Crippen LogP contribution in [0.2, 0.25) is 0 Å². The van der Waals surface area contributed by atoms with Gasteiger partial charge in [0.15, 0.2) is 0 Å². The van der Waals surface area contributed by atoms with Gasteiger partial charge in [-0.05, 0) is 92.1 Å². The van der Waals surface area contributed by atoms with Gasteiger partial charge in [0.05, 0.1) is 37.6 Å². The maximum absolute atomic E-state index is 12.5. The standard InChI is InChI=1S/C54H53N3O/c1-52(2,3)40-30-38(29-39(31-40)46-32-37(27-28-55-46)35-19-12-10-13-20-35)43-24-18-26-48-49(43)56-51(44-33-41(53(4,5)6)34-45(50(44)58)54(7,8)9)57(48)47-25-17-16-23-42(47)36-21-14-11-15-22-36/h10-34,58H,1-9H3/i1D3,2D3,3D3,10D,12D,13D,19D,20D,30D,31D. The molecule has 8 rings (SSSR count). The Kier molecular flexibility index (Phi) is 6.00. The first-order valence-electron chi connectivity index (χ1n) is 27.0. The van der Waals surface area contributed by atoms with E-state index in [-0.39, 0.29) is 50.6 Å². The van der Waals surface area contributed by atoms with Gasteiger partial charge in [-0.25, -0.2) is 4.98 Å². The van der Waals surface area contributed by atoms with E-state index < -0.39 is 84.7 Å². The Balaban J connectivity index is 1.57. The van der Waals surface area contributed by atoms with E-state index in [1.165, 1.54) is 24.4 Å². The van der Waals surface area contributed by atoms with Gasteiger partial charge in [0.25, 0.3) is 0 Å². The second-order valence-corrected chi connectivity index (χ2v) is 16.5. The lowest BCUT2D eigenvalue weighted by atomic mass is 9.79. The Morgan fingerprint density at radius 2 is 1.29 bits per heavy atom. The summed E-state index contributed by atoms with van der Waals surface area (Å²) in [6.07, 6.45) is 1.21. The molecule has 2 aromatic heterocycles. The van der Waals surface area contributed by atoms with E-state index >= 15 is 0 Å². The molecular formula is C54H53N3O. The average molecular weight is 776 g/mol. The summed E-state index contributed by atoms with van der Waals surface area (Å²) in [5.74, 6) is 0.205. The smallest absolute Gasteiger partial charge is 0.149 e. The highest BCUT2D eigenvalue weighted by atomic mass is 16.3. The van der Waals surface area contributed by atoms with Gasteiger partial charge < -0.3 is 5.11 Å². The Morgan fingerprint density at radius 3 is 2.02 bits per heavy atom. The largest absolute Gasteiger partial charge is 0.507 e. The zero-order chi connectivity index (χ0) is 54.6. The predicted octanol–water partition coefficient (Wildman–Crippen LogP) is 14.4. The molecule has 0 aliphatic rings. The van der Waals surface area contributed by atoms with Crippen LogP contribution in [0.4, 0.5) is 0 Å². The summed E-state index contributed by atoms with van der Waals surface area (Å²) in [5.41, 5.74) is -2.21. The van der Waals surface area contributed by atoms with E-state index in [0.29, 0.717) is 22.3 Å². The van der Waals surface area contributed by atoms with Crippen molar-refractivity contribution in [2.75, 3.05) is 0 Å². The fourth-order valence-electron chi connectivity index (χ4n) is 7.20. The van der Waals surface area contributed by atoms with Crippen molar-refractivity contribution in [1.82, 2.24) is 14.5 Å². The van der Waals surface area contributed by atoms with Crippen LogP contribution in [0.5, 0.6) is 5.75 Å². The average Bonchev–Trinajstić information content (AvgIpc) is 3.70. The number of phenols is 1. The quantitative estimate of drug-likeness (QED) is 0.183. The minimum atomic E-state index is -3.91. The fraction of sp³-hybridized carbons (Fsp3) is 0.222. The molecular weight excluding hydrogens is 707 g/mol. The number of rotatable bonds is 6. The third-order valence-electron chi connectivity index (χ3n) is 10.2. The maximum atomic E-state index is 12.5. The highest BCUT2D eigenvalue weighted by molar-refractivity contribution is 5.98. The SMILES string of the molecule is [2H]c1c([2H])c([2H])c(-c2ccnc(-c3cc(-c4cccc5c4nc(-c4cc(C(C)(C)C)cc(C(C)(C)C)c4O)n5-c4ccccc4-c4ccccc4)c([2H])c(C(C([2H])([2H])[2H])(C([2H])([2H])[2H])C([2H])([2H])[2H])c3[2H])c2)c([2H])c1[2H].